The number of rotatable bonds is 9. The number of hydrogen-bond acceptors (Lipinski definition) is 7. The number of piperidine rings is 1. The van der Waals surface area contributed by atoms with Crippen LogP contribution in [-0.2, 0) is 15.3 Å². The molecule has 0 unspecified atom stereocenters. The fourth-order valence-corrected chi connectivity index (χ4v) is 4.27. The second-order valence-electron chi connectivity index (χ2n) is 6.41. The Hall–Kier alpha value is -1.68. The molecule has 1 aromatic rings. The van der Waals surface area contributed by atoms with Crippen LogP contribution in [0, 0.1) is 0 Å². The Balaban J connectivity index is 1.75. The van der Waals surface area contributed by atoms with Crippen LogP contribution in [-0.4, -0.2) is 64.1 Å². The summed E-state index contributed by atoms with van der Waals surface area (Å²) in [6, 6.07) is 1.55. The summed E-state index contributed by atoms with van der Waals surface area (Å²) in [5.41, 5.74) is 0.535. The number of carbonyl (C=O) groups excluding carboxylic acids is 2. The molecule has 1 saturated heterocycles. The molecule has 0 atom stereocenters. The van der Waals surface area contributed by atoms with Gasteiger partial charge in [0.15, 0.2) is 5.16 Å². The molecule has 2 amide bonds. The first kappa shape index (κ1) is 22.6. The van der Waals surface area contributed by atoms with Gasteiger partial charge in [-0.1, -0.05) is 18.7 Å². The van der Waals surface area contributed by atoms with Crippen LogP contribution in [0.15, 0.2) is 16.0 Å². The summed E-state index contributed by atoms with van der Waals surface area (Å²) in [4.78, 5) is 44.5. The molecule has 0 bridgehead atoms. The smallest absolute Gasteiger partial charge is 0.409 e. The number of thioether (sulfide) groups is 2. The minimum atomic E-state index is -0.296. The van der Waals surface area contributed by atoms with E-state index in [1.165, 1.54) is 17.8 Å². The topological polar surface area (TPSA) is 104 Å². The first-order valence-electron chi connectivity index (χ1n) is 9.53. The van der Waals surface area contributed by atoms with E-state index in [9.17, 15) is 14.4 Å². The molecule has 2 rings (SSSR count). The summed E-state index contributed by atoms with van der Waals surface area (Å²) in [6.45, 7) is 5.40. The molecular formula is C18H28N4O4S2. The highest BCUT2D eigenvalue weighted by molar-refractivity contribution is 7.99. The second-order valence-corrected chi connectivity index (χ2v) is 8.48. The Kier molecular flexibility index (Phi) is 9.69. The predicted octanol–water partition coefficient (Wildman–Crippen LogP) is 2.24. The molecule has 8 nitrogen and oxygen atoms in total. The highest BCUT2D eigenvalue weighted by Gasteiger charge is 2.24. The lowest BCUT2D eigenvalue weighted by Gasteiger charge is -2.31. The first-order chi connectivity index (χ1) is 13.5. The van der Waals surface area contributed by atoms with Crippen LogP contribution < -0.4 is 10.9 Å². The Morgan fingerprint density at radius 3 is 2.79 bits per heavy atom. The number of aromatic nitrogens is 2. The van der Waals surface area contributed by atoms with Crippen molar-refractivity contribution >= 4 is 35.5 Å². The summed E-state index contributed by atoms with van der Waals surface area (Å²) >= 11 is 2.96. The van der Waals surface area contributed by atoms with E-state index in [2.05, 4.69) is 22.2 Å². The zero-order valence-corrected chi connectivity index (χ0v) is 18.0. The minimum absolute atomic E-state index is 0.0440. The molecule has 10 heteroatoms. The molecule has 0 aromatic carbocycles. The molecule has 0 spiro atoms. The maximum Gasteiger partial charge on any atom is 0.409 e. The minimum Gasteiger partial charge on any atom is -0.450 e. The van der Waals surface area contributed by atoms with E-state index in [4.69, 9.17) is 4.74 Å². The lowest BCUT2D eigenvalue weighted by Crippen LogP contribution is -2.47. The van der Waals surface area contributed by atoms with Crippen molar-refractivity contribution in [3.63, 3.8) is 0 Å². The molecule has 1 aromatic heterocycles. The van der Waals surface area contributed by atoms with Crippen LogP contribution in [0.1, 0.15) is 38.8 Å². The zero-order valence-electron chi connectivity index (χ0n) is 16.4. The number of ether oxygens (including phenoxy) is 1. The molecule has 1 fully saturated rings. The van der Waals surface area contributed by atoms with Crippen molar-refractivity contribution in [1.82, 2.24) is 20.2 Å². The van der Waals surface area contributed by atoms with Gasteiger partial charge in [-0.05, 0) is 31.9 Å². The summed E-state index contributed by atoms with van der Waals surface area (Å²) in [7, 11) is 0. The van der Waals surface area contributed by atoms with Gasteiger partial charge in [0.2, 0.25) is 5.91 Å². The van der Waals surface area contributed by atoms with Gasteiger partial charge >= 0.3 is 6.09 Å². The van der Waals surface area contributed by atoms with Gasteiger partial charge in [-0.2, -0.15) is 11.8 Å². The number of nitrogens with one attached hydrogen (secondary N) is 2. The number of carbonyl (C=O) groups is 2. The summed E-state index contributed by atoms with van der Waals surface area (Å²) in [6.07, 6.45) is 2.19. The van der Waals surface area contributed by atoms with Crippen molar-refractivity contribution in [1.29, 1.82) is 0 Å². The number of amides is 2. The third kappa shape index (κ3) is 7.75. The van der Waals surface area contributed by atoms with Gasteiger partial charge in [0.1, 0.15) is 0 Å². The lowest BCUT2D eigenvalue weighted by molar-refractivity contribution is -0.119. The normalized spacial score (nSPS) is 14.7. The number of H-pyrrole nitrogens is 1. The molecule has 0 aliphatic carbocycles. The number of nitrogens with zero attached hydrogens (tertiary/aromatic N) is 2. The standard InChI is InChI=1S/C18H28N4O4S2/c1-3-9-27-11-14-10-15(23)21-17(20-14)28-12-16(24)19-13-5-7-22(8-6-13)18(25)26-4-2/h10,13H,3-9,11-12H2,1-2H3,(H,19,24)(H,20,21,23). The molecule has 0 radical (unpaired) electrons. The van der Waals surface area contributed by atoms with Gasteiger partial charge in [-0.15, -0.1) is 0 Å². The van der Waals surface area contributed by atoms with Crippen molar-refractivity contribution < 1.29 is 14.3 Å². The van der Waals surface area contributed by atoms with Gasteiger partial charge in [-0.25, -0.2) is 9.78 Å². The van der Waals surface area contributed by atoms with Gasteiger partial charge in [0.25, 0.3) is 5.56 Å². The third-order valence-electron chi connectivity index (χ3n) is 4.10. The fourth-order valence-electron chi connectivity index (χ4n) is 2.77. The van der Waals surface area contributed by atoms with Crippen molar-refractivity contribution in [2.24, 2.45) is 0 Å². The fraction of sp³-hybridized carbons (Fsp3) is 0.667. The van der Waals surface area contributed by atoms with E-state index in [0.717, 1.165) is 17.9 Å². The van der Waals surface area contributed by atoms with Gasteiger partial charge in [0, 0.05) is 31.0 Å². The van der Waals surface area contributed by atoms with Gasteiger partial charge in [0.05, 0.1) is 18.1 Å². The van der Waals surface area contributed by atoms with E-state index < -0.39 is 0 Å². The summed E-state index contributed by atoms with van der Waals surface area (Å²) in [5.74, 6) is 1.80. The molecular weight excluding hydrogens is 400 g/mol. The molecule has 156 valence electrons. The molecule has 28 heavy (non-hydrogen) atoms. The van der Waals surface area contributed by atoms with Crippen LogP contribution >= 0.6 is 23.5 Å². The van der Waals surface area contributed by atoms with Crippen molar-refractivity contribution in [2.45, 2.75) is 50.1 Å². The molecule has 2 heterocycles. The third-order valence-corrected chi connectivity index (χ3v) is 6.17. The lowest BCUT2D eigenvalue weighted by atomic mass is 10.1. The van der Waals surface area contributed by atoms with Crippen molar-refractivity contribution in [3.8, 4) is 0 Å². The van der Waals surface area contributed by atoms with Crippen molar-refractivity contribution in [2.75, 3.05) is 31.2 Å². The molecule has 0 saturated carbocycles. The van der Waals surface area contributed by atoms with E-state index in [-0.39, 0.29) is 29.4 Å². The largest absolute Gasteiger partial charge is 0.450 e. The second kappa shape index (κ2) is 12.0. The predicted molar refractivity (Wildman–Crippen MR) is 112 cm³/mol. The Bertz CT molecular complexity index is 705. The maximum atomic E-state index is 12.2. The molecule has 2 N–H and O–H groups in total. The summed E-state index contributed by atoms with van der Waals surface area (Å²) < 4.78 is 4.99. The quantitative estimate of drug-likeness (QED) is 0.353. The van der Waals surface area contributed by atoms with Gasteiger partial charge < -0.3 is 19.9 Å². The zero-order chi connectivity index (χ0) is 20.4. The van der Waals surface area contributed by atoms with E-state index in [1.807, 2.05) is 0 Å². The van der Waals surface area contributed by atoms with E-state index in [0.29, 0.717) is 43.4 Å². The molecule has 1 aliphatic heterocycles. The van der Waals surface area contributed by atoms with Crippen LogP contribution in [0.5, 0.6) is 0 Å². The number of likely N-dealkylation sites (tertiary alicyclic amines) is 1. The average Bonchev–Trinajstić information content (AvgIpc) is 2.67. The Labute approximate surface area is 173 Å². The van der Waals surface area contributed by atoms with Crippen molar-refractivity contribution in [3.05, 3.63) is 22.1 Å². The number of aromatic amines is 1. The van der Waals surface area contributed by atoms with Gasteiger partial charge in [-0.3, -0.25) is 9.59 Å². The first-order valence-corrected chi connectivity index (χ1v) is 11.7. The Morgan fingerprint density at radius 2 is 2.11 bits per heavy atom. The average molecular weight is 429 g/mol. The molecule has 1 aliphatic rings. The van der Waals surface area contributed by atoms with E-state index >= 15 is 0 Å². The van der Waals surface area contributed by atoms with E-state index in [1.54, 1.807) is 23.6 Å². The Morgan fingerprint density at radius 1 is 1.36 bits per heavy atom. The highest BCUT2D eigenvalue weighted by atomic mass is 32.2. The monoisotopic (exact) mass is 428 g/mol. The summed E-state index contributed by atoms with van der Waals surface area (Å²) in [5, 5.41) is 3.45. The van der Waals surface area contributed by atoms with Crippen LogP contribution in [0.2, 0.25) is 0 Å². The SMILES string of the molecule is CCCSCc1cc(=O)[nH]c(SCC(=O)NC2CCN(C(=O)OCC)CC2)n1. The van der Waals surface area contributed by atoms with Crippen LogP contribution in [0.25, 0.3) is 0 Å². The van der Waals surface area contributed by atoms with Crippen LogP contribution in [0.4, 0.5) is 4.79 Å². The maximum absolute atomic E-state index is 12.2. The highest BCUT2D eigenvalue weighted by Crippen LogP contribution is 2.16. The number of hydrogen-bond donors (Lipinski definition) is 2. The van der Waals surface area contributed by atoms with Crippen LogP contribution in [0.3, 0.4) is 0 Å².